The van der Waals surface area contributed by atoms with E-state index in [4.69, 9.17) is 4.74 Å². The van der Waals surface area contributed by atoms with E-state index in [2.05, 4.69) is 4.74 Å². The van der Waals surface area contributed by atoms with Crippen molar-refractivity contribution < 1.29 is 14.3 Å². The van der Waals surface area contributed by atoms with Gasteiger partial charge in [0.25, 0.3) is 0 Å². The molecule has 0 saturated heterocycles. The highest BCUT2D eigenvalue weighted by atomic mass is 16.6. The third-order valence-corrected chi connectivity index (χ3v) is 0.652. The molecule has 0 aliphatic carbocycles. The lowest BCUT2D eigenvalue weighted by atomic mass is 10.7. The smallest absolute Gasteiger partial charge is 0.331 e. The standard InChI is InChI=1S/C5H10O3/c1-3-8-4-5(6)7-2/h3-4H2,1-2H3. The lowest BCUT2D eigenvalue weighted by molar-refractivity contribution is -0.145. The predicted molar refractivity (Wildman–Crippen MR) is 28.5 cm³/mol. The van der Waals surface area contributed by atoms with Crippen LogP contribution in [-0.4, -0.2) is 26.3 Å². The molecule has 0 rings (SSSR count). The quantitative estimate of drug-likeness (QED) is 0.496. The first kappa shape index (κ1) is 7.43. The van der Waals surface area contributed by atoms with Crippen molar-refractivity contribution in [2.75, 3.05) is 20.3 Å². The van der Waals surface area contributed by atoms with E-state index in [1.54, 1.807) is 0 Å². The maximum Gasteiger partial charge on any atom is 0.331 e. The molecule has 8 heavy (non-hydrogen) atoms. The van der Waals surface area contributed by atoms with Crippen molar-refractivity contribution in [3.05, 3.63) is 0 Å². The molecular formula is C5H10O3. The zero-order valence-corrected chi connectivity index (χ0v) is 5.14. The summed E-state index contributed by atoms with van der Waals surface area (Å²) >= 11 is 0. The average molecular weight is 118 g/mol. The number of ether oxygens (including phenoxy) is 2. The maximum atomic E-state index is 10.2. The molecule has 0 spiro atoms. The first-order valence-electron chi connectivity index (χ1n) is 2.45. The van der Waals surface area contributed by atoms with Crippen LogP contribution in [0, 0.1) is 0 Å². The fourth-order valence-corrected chi connectivity index (χ4v) is 0.244. The molecule has 0 amide bonds. The van der Waals surface area contributed by atoms with Crippen molar-refractivity contribution >= 4 is 5.97 Å². The number of rotatable bonds is 3. The summed E-state index contributed by atoms with van der Waals surface area (Å²) in [6.45, 7) is 2.44. The van der Waals surface area contributed by atoms with Crippen LogP contribution < -0.4 is 0 Å². The predicted octanol–water partition coefficient (Wildman–Crippen LogP) is 0.196. The Hall–Kier alpha value is -0.570. The summed E-state index contributed by atoms with van der Waals surface area (Å²) < 4.78 is 9.00. The van der Waals surface area contributed by atoms with Gasteiger partial charge in [-0.2, -0.15) is 0 Å². The van der Waals surface area contributed by atoms with Crippen molar-refractivity contribution in [3.8, 4) is 0 Å². The average Bonchev–Trinajstić information content (AvgIpc) is 1.83. The molecule has 0 aromatic heterocycles. The van der Waals surface area contributed by atoms with Crippen LogP contribution in [0.2, 0.25) is 0 Å². The summed E-state index contributed by atoms with van der Waals surface area (Å²) in [5.74, 6) is -0.327. The van der Waals surface area contributed by atoms with E-state index >= 15 is 0 Å². The van der Waals surface area contributed by atoms with Gasteiger partial charge in [-0.05, 0) is 6.92 Å². The van der Waals surface area contributed by atoms with E-state index in [1.165, 1.54) is 7.11 Å². The third kappa shape index (κ3) is 3.61. The highest BCUT2D eigenvalue weighted by molar-refractivity contribution is 5.70. The van der Waals surface area contributed by atoms with Crippen molar-refractivity contribution in [1.82, 2.24) is 0 Å². The molecule has 0 atom stereocenters. The van der Waals surface area contributed by atoms with E-state index < -0.39 is 0 Å². The van der Waals surface area contributed by atoms with Crippen LogP contribution in [0.3, 0.4) is 0 Å². The van der Waals surface area contributed by atoms with Gasteiger partial charge >= 0.3 is 5.97 Å². The van der Waals surface area contributed by atoms with Gasteiger partial charge in [-0.25, -0.2) is 4.79 Å². The highest BCUT2D eigenvalue weighted by Crippen LogP contribution is 1.75. The molecule has 0 aromatic carbocycles. The zero-order valence-electron chi connectivity index (χ0n) is 5.14. The molecule has 0 aliphatic rings. The molecule has 0 fully saturated rings. The SMILES string of the molecule is CCOCC(=O)OC. The van der Waals surface area contributed by atoms with Crippen LogP contribution in [0.4, 0.5) is 0 Å². The lowest BCUT2D eigenvalue weighted by Crippen LogP contribution is -2.09. The maximum absolute atomic E-state index is 10.2. The van der Waals surface area contributed by atoms with E-state index in [1.807, 2.05) is 6.92 Å². The van der Waals surface area contributed by atoms with Crippen molar-refractivity contribution in [2.24, 2.45) is 0 Å². The number of hydrogen-bond acceptors (Lipinski definition) is 3. The minimum atomic E-state index is -0.327. The molecule has 0 unspecified atom stereocenters. The number of esters is 1. The second kappa shape index (κ2) is 4.59. The van der Waals surface area contributed by atoms with E-state index in [0.29, 0.717) is 6.61 Å². The molecule has 0 aliphatic heterocycles. The van der Waals surface area contributed by atoms with Crippen LogP contribution in [0.25, 0.3) is 0 Å². The van der Waals surface area contributed by atoms with E-state index in [0.717, 1.165) is 0 Å². The van der Waals surface area contributed by atoms with Crippen LogP contribution in [0.1, 0.15) is 6.92 Å². The first-order chi connectivity index (χ1) is 3.81. The molecule has 0 aromatic rings. The Kier molecular flexibility index (Phi) is 4.26. The molecule has 0 radical (unpaired) electrons. The monoisotopic (exact) mass is 118 g/mol. The van der Waals surface area contributed by atoms with Gasteiger partial charge < -0.3 is 9.47 Å². The fraction of sp³-hybridized carbons (Fsp3) is 0.800. The van der Waals surface area contributed by atoms with Crippen LogP contribution in [-0.2, 0) is 14.3 Å². The molecule has 0 N–H and O–H groups in total. The summed E-state index contributed by atoms with van der Waals surface area (Å²) in [4.78, 5) is 10.2. The van der Waals surface area contributed by atoms with Crippen LogP contribution >= 0.6 is 0 Å². The lowest BCUT2D eigenvalue weighted by Gasteiger charge is -1.96. The fourth-order valence-electron chi connectivity index (χ4n) is 0.244. The van der Waals surface area contributed by atoms with Gasteiger partial charge in [0.05, 0.1) is 7.11 Å². The van der Waals surface area contributed by atoms with Gasteiger partial charge in [0.2, 0.25) is 0 Å². The number of carbonyl (C=O) groups is 1. The van der Waals surface area contributed by atoms with E-state index in [9.17, 15) is 4.79 Å². The minimum Gasteiger partial charge on any atom is -0.467 e. The van der Waals surface area contributed by atoms with E-state index in [-0.39, 0.29) is 12.6 Å². The van der Waals surface area contributed by atoms with Crippen LogP contribution in [0.15, 0.2) is 0 Å². The van der Waals surface area contributed by atoms with Crippen LogP contribution in [0.5, 0.6) is 0 Å². The molecule has 0 saturated carbocycles. The Bertz CT molecular complexity index is 70.1. The Morgan fingerprint density at radius 2 is 2.25 bits per heavy atom. The Morgan fingerprint density at radius 1 is 1.62 bits per heavy atom. The Balaban J connectivity index is 2.99. The molecule has 3 heteroatoms. The van der Waals surface area contributed by atoms with Gasteiger partial charge in [-0.15, -0.1) is 0 Å². The normalized spacial score (nSPS) is 8.75. The first-order valence-corrected chi connectivity index (χ1v) is 2.45. The third-order valence-electron chi connectivity index (χ3n) is 0.652. The molecule has 0 bridgehead atoms. The zero-order chi connectivity index (χ0) is 6.41. The summed E-state index contributed by atoms with van der Waals surface area (Å²) in [6, 6.07) is 0. The largest absolute Gasteiger partial charge is 0.467 e. The molecule has 3 nitrogen and oxygen atoms in total. The highest BCUT2D eigenvalue weighted by Gasteiger charge is 1.95. The topological polar surface area (TPSA) is 35.5 Å². The van der Waals surface area contributed by atoms with Crippen molar-refractivity contribution in [2.45, 2.75) is 6.92 Å². The summed E-state index contributed by atoms with van der Waals surface area (Å²) in [6.07, 6.45) is 0. The van der Waals surface area contributed by atoms with Gasteiger partial charge in [0.1, 0.15) is 6.61 Å². The number of carbonyl (C=O) groups excluding carboxylic acids is 1. The number of methoxy groups -OCH3 is 1. The Labute approximate surface area is 48.6 Å². The Morgan fingerprint density at radius 3 is 2.62 bits per heavy atom. The van der Waals surface area contributed by atoms with Crippen molar-refractivity contribution in [1.29, 1.82) is 0 Å². The minimum absolute atomic E-state index is 0.0625. The van der Waals surface area contributed by atoms with Gasteiger partial charge in [0, 0.05) is 6.61 Å². The molecular weight excluding hydrogens is 108 g/mol. The molecule has 48 valence electrons. The second-order valence-corrected chi connectivity index (χ2v) is 1.21. The summed E-state index contributed by atoms with van der Waals surface area (Å²) in [5, 5.41) is 0. The number of hydrogen-bond donors (Lipinski definition) is 0. The van der Waals surface area contributed by atoms with Crippen molar-refractivity contribution in [3.63, 3.8) is 0 Å². The van der Waals surface area contributed by atoms with Gasteiger partial charge in [-0.1, -0.05) is 0 Å². The summed E-state index contributed by atoms with van der Waals surface area (Å²) in [7, 11) is 1.33. The second-order valence-electron chi connectivity index (χ2n) is 1.21. The van der Waals surface area contributed by atoms with Gasteiger partial charge in [0.15, 0.2) is 0 Å². The van der Waals surface area contributed by atoms with Gasteiger partial charge in [-0.3, -0.25) is 0 Å². The summed E-state index contributed by atoms with van der Waals surface area (Å²) in [5.41, 5.74) is 0. The molecule has 0 heterocycles.